The summed E-state index contributed by atoms with van der Waals surface area (Å²) in [5, 5.41) is 3.27. The molecular weight excluding hydrogens is 374 g/mol. The zero-order chi connectivity index (χ0) is 17.3. The Morgan fingerprint density at radius 1 is 1.04 bits per heavy atom. The highest BCUT2D eigenvalue weighted by atomic mass is 79.9. The molecule has 0 radical (unpaired) electrons. The highest BCUT2D eigenvalue weighted by molar-refractivity contribution is 9.10. The fourth-order valence-corrected chi connectivity index (χ4v) is 2.70. The molecule has 24 heavy (non-hydrogen) atoms. The standard InChI is InChI=1S/C18H12BrNO4/c1-10(21)20-14-5-2-11(3-6-14)17(22)15-9-12-8-13(19)4-7-16(12)24-18(15)23/h2-9H,1H3,(H,20,21). The van der Waals surface area contributed by atoms with Crippen LogP contribution in [0, 0.1) is 0 Å². The molecule has 1 amide bonds. The Labute approximate surface area is 145 Å². The Balaban J connectivity index is 2.00. The van der Waals surface area contributed by atoms with Gasteiger partial charge < -0.3 is 9.73 Å². The minimum atomic E-state index is -0.680. The van der Waals surface area contributed by atoms with Crippen molar-refractivity contribution < 1.29 is 14.0 Å². The predicted molar refractivity (Wildman–Crippen MR) is 94.4 cm³/mol. The molecule has 2 aromatic carbocycles. The van der Waals surface area contributed by atoms with E-state index in [9.17, 15) is 14.4 Å². The van der Waals surface area contributed by atoms with Gasteiger partial charge in [-0.25, -0.2) is 4.79 Å². The van der Waals surface area contributed by atoms with Gasteiger partial charge in [0.25, 0.3) is 0 Å². The van der Waals surface area contributed by atoms with Crippen LogP contribution in [0.5, 0.6) is 0 Å². The number of carbonyl (C=O) groups is 2. The van der Waals surface area contributed by atoms with Crippen LogP contribution in [0.1, 0.15) is 22.8 Å². The third-order valence-corrected chi connectivity index (χ3v) is 3.90. The molecule has 3 aromatic rings. The van der Waals surface area contributed by atoms with Gasteiger partial charge in [-0.15, -0.1) is 0 Å². The minimum absolute atomic E-state index is 0.0344. The molecule has 0 spiro atoms. The molecule has 0 unspecified atom stereocenters. The lowest BCUT2D eigenvalue weighted by atomic mass is 10.0. The van der Waals surface area contributed by atoms with Crippen molar-refractivity contribution in [3.8, 4) is 0 Å². The van der Waals surface area contributed by atoms with E-state index < -0.39 is 11.4 Å². The average molecular weight is 386 g/mol. The molecule has 1 N–H and O–H groups in total. The van der Waals surface area contributed by atoms with Crippen molar-refractivity contribution in [1.82, 2.24) is 0 Å². The smallest absolute Gasteiger partial charge is 0.347 e. The van der Waals surface area contributed by atoms with E-state index >= 15 is 0 Å². The minimum Gasteiger partial charge on any atom is -0.422 e. The number of fused-ring (bicyclic) bond motifs is 1. The summed E-state index contributed by atoms with van der Waals surface area (Å²) in [4.78, 5) is 35.7. The fraction of sp³-hybridized carbons (Fsp3) is 0.0556. The average Bonchev–Trinajstić information content (AvgIpc) is 2.54. The van der Waals surface area contributed by atoms with Crippen LogP contribution in [0.2, 0.25) is 0 Å². The number of ketones is 1. The fourth-order valence-electron chi connectivity index (χ4n) is 2.32. The Bertz CT molecular complexity index is 1010. The maximum Gasteiger partial charge on any atom is 0.347 e. The third kappa shape index (κ3) is 3.28. The maximum atomic E-state index is 12.6. The van der Waals surface area contributed by atoms with Gasteiger partial charge in [0.2, 0.25) is 5.91 Å². The molecule has 0 saturated carbocycles. The number of nitrogens with one attached hydrogen (secondary N) is 1. The molecule has 5 nitrogen and oxygen atoms in total. The van der Waals surface area contributed by atoms with Gasteiger partial charge in [-0.3, -0.25) is 9.59 Å². The van der Waals surface area contributed by atoms with Crippen molar-refractivity contribution in [2.45, 2.75) is 6.92 Å². The lowest BCUT2D eigenvalue weighted by Gasteiger charge is -2.05. The molecule has 3 rings (SSSR count). The van der Waals surface area contributed by atoms with Crippen LogP contribution in [0.25, 0.3) is 11.0 Å². The monoisotopic (exact) mass is 385 g/mol. The van der Waals surface area contributed by atoms with Gasteiger partial charge in [-0.2, -0.15) is 0 Å². The van der Waals surface area contributed by atoms with E-state index in [1.54, 1.807) is 42.5 Å². The summed E-state index contributed by atoms with van der Waals surface area (Å²) in [6, 6.07) is 13.0. The summed E-state index contributed by atoms with van der Waals surface area (Å²) in [7, 11) is 0. The van der Waals surface area contributed by atoms with Crippen molar-refractivity contribution in [3.05, 3.63) is 74.6 Å². The summed E-state index contributed by atoms with van der Waals surface area (Å²) in [5.74, 6) is -0.630. The number of benzene rings is 2. The highest BCUT2D eigenvalue weighted by Crippen LogP contribution is 2.20. The van der Waals surface area contributed by atoms with E-state index in [4.69, 9.17) is 4.42 Å². The first-order valence-corrected chi connectivity index (χ1v) is 7.89. The van der Waals surface area contributed by atoms with Crippen LogP contribution < -0.4 is 10.9 Å². The van der Waals surface area contributed by atoms with Crippen molar-refractivity contribution in [3.63, 3.8) is 0 Å². The normalized spacial score (nSPS) is 10.6. The summed E-state index contributed by atoms with van der Waals surface area (Å²) in [6.07, 6.45) is 0. The predicted octanol–water partition coefficient (Wildman–Crippen LogP) is 3.74. The molecule has 0 aliphatic heterocycles. The Kier molecular flexibility index (Phi) is 4.31. The van der Waals surface area contributed by atoms with Crippen LogP contribution in [0.4, 0.5) is 5.69 Å². The number of anilines is 1. The quantitative estimate of drug-likeness (QED) is 0.550. The van der Waals surface area contributed by atoms with Crippen molar-refractivity contribution in [1.29, 1.82) is 0 Å². The Morgan fingerprint density at radius 3 is 2.42 bits per heavy atom. The zero-order valence-corrected chi connectivity index (χ0v) is 14.2. The SMILES string of the molecule is CC(=O)Nc1ccc(C(=O)c2cc3cc(Br)ccc3oc2=O)cc1. The van der Waals surface area contributed by atoms with Gasteiger partial charge in [0.15, 0.2) is 5.78 Å². The van der Waals surface area contributed by atoms with Crippen molar-refractivity contribution in [2.75, 3.05) is 5.32 Å². The molecule has 0 bridgehead atoms. The lowest BCUT2D eigenvalue weighted by Crippen LogP contribution is -2.15. The van der Waals surface area contributed by atoms with Gasteiger partial charge in [-0.1, -0.05) is 15.9 Å². The molecule has 1 heterocycles. The topological polar surface area (TPSA) is 76.4 Å². The second-order valence-electron chi connectivity index (χ2n) is 5.22. The van der Waals surface area contributed by atoms with E-state index in [0.717, 1.165) is 4.47 Å². The van der Waals surface area contributed by atoms with E-state index in [1.165, 1.54) is 13.0 Å². The first-order valence-electron chi connectivity index (χ1n) is 7.10. The van der Waals surface area contributed by atoms with Crippen LogP contribution in [0.3, 0.4) is 0 Å². The summed E-state index contributed by atoms with van der Waals surface area (Å²) < 4.78 is 6.03. The second kappa shape index (κ2) is 6.41. The largest absolute Gasteiger partial charge is 0.422 e. The summed E-state index contributed by atoms with van der Waals surface area (Å²) in [6.45, 7) is 1.40. The summed E-state index contributed by atoms with van der Waals surface area (Å²) >= 11 is 3.35. The number of hydrogen-bond donors (Lipinski definition) is 1. The van der Waals surface area contributed by atoms with E-state index in [2.05, 4.69) is 21.2 Å². The molecule has 0 atom stereocenters. The molecule has 120 valence electrons. The van der Waals surface area contributed by atoms with E-state index in [-0.39, 0.29) is 11.5 Å². The first kappa shape index (κ1) is 16.1. The van der Waals surface area contributed by atoms with Gasteiger partial charge in [0.05, 0.1) is 0 Å². The van der Waals surface area contributed by atoms with E-state index in [0.29, 0.717) is 22.2 Å². The molecule has 0 aliphatic carbocycles. The molecule has 0 aliphatic rings. The molecule has 6 heteroatoms. The van der Waals surface area contributed by atoms with E-state index in [1.807, 2.05) is 0 Å². The summed E-state index contributed by atoms with van der Waals surface area (Å²) in [5.41, 5.74) is 0.619. The van der Waals surface area contributed by atoms with Gasteiger partial charge in [0.1, 0.15) is 11.1 Å². The highest BCUT2D eigenvalue weighted by Gasteiger charge is 2.16. The molecule has 1 aromatic heterocycles. The maximum absolute atomic E-state index is 12.6. The van der Waals surface area contributed by atoms with Gasteiger partial charge in [0, 0.05) is 28.0 Å². The number of halogens is 1. The number of hydrogen-bond acceptors (Lipinski definition) is 4. The van der Waals surface area contributed by atoms with Crippen LogP contribution in [-0.2, 0) is 4.79 Å². The van der Waals surface area contributed by atoms with Crippen LogP contribution >= 0.6 is 15.9 Å². The number of amides is 1. The van der Waals surface area contributed by atoms with Crippen molar-refractivity contribution >= 4 is 44.3 Å². The van der Waals surface area contributed by atoms with Gasteiger partial charge in [-0.05, 0) is 48.5 Å². The molecular formula is C18H12BrNO4. The lowest BCUT2D eigenvalue weighted by molar-refractivity contribution is -0.114. The van der Waals surface area contributed by atoms with Crippen LogP contribution in [0.15, 0.2) is 62.2 Å². The Morgan fingerprint density at radius 2 is 1.75 bits per heavy atom. The molecule has 0 saturated heterocycles. The number of carbonyl (C=O) groups excluding carboxylic acids is 2. The second-order valence-corrected chi connectivity index (χ2v) is 6.13. The molecule has 0 fully saturated rings. The van der Waals surface area contributed by atoms with Crippen molar-refractivity contribution in [2.24, 2.45) is 0 Å². The number of rotatable bonds is 3. The zero-order valence-electron chi connectivity index (χ0n) is 12.6. The first-order chi connectivity index (χ1) is 11.4. The van der Waals surface area contributed by atoms with Crippen LogP contribution in [-0.4, -0.2) is 11.7 Å². The van der Waals surface area contributed by atoms with Gasteiger partial charge >= 0.3 is 5.63 Å². The third-order valence-electron chi connectivity index (χ3n) is 3.41. The Hall–Kier alpha value is -2.73.